The summed E-state index contributed by atoms with van der Waals surface area (Å²) in [6.45, 7) is 2.04. The molecule has 3 heterocycles. The molecule has 2 saturated heterocycles. The standard InChI is InChI=1S/C18H22FN3O2/c19-14-10-20-8-6-16(14)22-9-7-12-11(2-1-3-15(12)22)13-4-5-17(23)21-18(13)24/h1-3,13-14,16,20H,4-10H2,(H,21,23,24)/t13-,14-,16-/m1/s1. The third kappa shape index (κ3) is 2.59. The fourth-order valence-corrected chi connectivity index (χ4v) is 4.31. The Morgan fingerprint density at radius 3 is 2.83 bits per heavy atom. The SMILES string of the molecule is O=C1CC[C@H](c2cccc3c2CCN3[C@@H]2CCNC[C@H]2F)C(=O)N1. The van der Waals surface area contributed by atoms with Crippen molar-refractivity contribution in [3.8, 4) is 0 Å². The van der Waals surface area contributed by atoms with Crippen molar-refractivity contribution >= 4 is 17.5 Å². The fraction of sp³-hybridized carbons (Fsp3) is 0.556. The Bertz CT molecular complexity index is 678. The zero-order valence-corrected chi connectivity index (χ0v) is 13.6. The van der Waals surface area contributed by atoms with E-state index >= 15 is 0 Å². The summed E-state index contributed by atoms with van der Waals surface area (Å²) in [6, 6.07) is 5.87. The van der Waals surface area contributed by atoms with E-state index < -0.39 is 6.17 Å². The molecule has 4 rings (SSSR count). The van der Waals surface area contributed by atoms with Gasteiger partial charge in [-0.25, -0.2) is 4.39 Å². The molecule has 0 unspecified atom stereocenters. The van der Waals surface area contributed by atoms with Gasteiger partial charge in [0.1, 0.15) is 6.17 Å². The molecular weight excluding hydrogens is 309 g/mol. The van der Waals surface area contributed by atoms with Crippen LogP contribution in [0.25, 0.3) is 0 Å². The maximum atomic E-state index is 14.3. The van der Waals surface area contributed by atoms with E-state index in [0.717, 1.165) is 42.7 Å². The van der Waals surface area contributed by atoms with Crippen molar-refractivity contribution in [3.05, 3.63) is 29.3 Å². The molecule has 2 amide bonds. The van der Waals surface area contributed by atoms with Gasteiger partial charge in [0.15, 0.2) is 0 Å². The Balaban J connectivity index is 1.64. The van der Waals surface area contributed by atoms with E-state index in [4.69, 9.17) is 0 Å². The molecule has 6 heteroatoms. The minimum absolute atomic E-state index is 0.0930. The van der Waals surface area contributed by atoms with Gasteiger partial charge in [-0.1, -0.05) is 12.1 Å². The minimum Gasteiger partial charge on any atom is -0.365 e. The zero-order chi connectivity index (χ0) is 16.7. The molecule has 3 atom stereocenters. The Morgan fingerprint density at radius 1 is 1.17 bits per heavy atom. The van der Waals surface area contributed by atoms with Crippen LogP contribution in [0, 0.1) is 0 Å². The van der Waals surface area contributed by atoms with Crippen LogP contribution in [-0.2, 0) is 16.0 Å². The lowest BCUT2D eigenvalue weighted by Gasteiger charge is -2.36. The monoisotopic (exact) mass is 331 g/mol. The van der Waals surface area contributed by atoms with Crippen LogP contribution in [0.15, 0.2) is 18.2 Å². The second kappa shape index (κ2) is 6.16. The summed E-state index contributed by atoms with van der Waals surface area (Å²) in [6.07, 6.45) is 1.69. The number of fused-ring (bicyclic) bond motifs is 1. The van der Waals surface area contributed by atoms with E-state index in [-0.39, 0.29) is 23.8 Å². The summed E-state index contributed by atoms with van der Waals surface area (Å²) >= 11 is 0. The zero-order valence-electron chi connectivity index (χ0n) is 13.6. The number of nitrogens with one attached hydrogen (secondary N) is 2. The summed E-state index contributed by atoms with van der Waals surface area (Å²) in [5, 5.41) is 5.54. The van der Waals surface area contributed by atoms with E-state index in [1.165, 1.54) is 0 Å². The number of benzene rings is 1. The number of halogens is 1. The number of alkyl halides is 1. The van der Waals surface area contributed by atoms with E-state index in [2.05, 4.69) is 15.5 Å². The Morgan fingerprint density at radius 2 is 2.04 bits per heavy atom. The molecule has 128 valence electrons. The van der Waals surface area contributed by atoms with E-state index in [9.17, 15) is 14.0 Å². The number of carbonyl (C=O) groups excluding carboxylic acids is 2. The quantitative estimate of drug-likeness (QED) is 0.801. The van der Waals surface area contributed by atoms with Gasteiger partial charge in [0.05, 0.1) is 12.0 Å². The first-order chi connectivity index (χ1) is 11.6. The lowest BCUT2D eigenvalue weighted by Crippen LogP contribution is -2.50. The number of amides is 2. The first-order valence-electron chi connectivity index (χ1n) is 8.72. The molecule has 0 spiro atoms. The molecule has 0 aliphatic carbocycles. The highest BCUT2D eigenvalue weighted by Gasteiger charge is 2.37. The molecule has 0 aromatic heterocycles. The second-order valence-corrected chi connectivity index (χ2v) is 6.87. The fourth-order valence-electron chi connectivity index (χ4n) is 4.31. The van der Waals surface area contributed by atoms with Crippen LogP contribution in [-0.4, -0.2) is 43.7 Å². The molecular formula is C18H22FN3O2. The van der Waals surface area contributed by atoms with Gasteiger partial charge in [0.2, 0.25) is 11.8 Å². The first kappa shape index (κ1) is 15.6. The molecule has 3 aliphatic rings. The summed E-state index contributed by atoms with van der Waals surface area (Å²) in [5.41, 5.74) is 3.22. The smallest absolute Gasteiger partial charge is 0.234 e. The van der Waals surface area contributed by atoms with Crippen molar-refractivity contribution in [1.82, 2.24) is 10.6 Å². The minimum atomic E-state index is -0.871. The molecule has 2 fully saturated rings. The second-order valence-electron chi connectivity index (χ2n) is 6.87. The Hall–Kier alpha value is -1.95. The predicted molar refractivity (Wildman–Crippen MR) is 88.8 cm³/mol. The highest BCUT2D eigenvalue weighted by Crippen LogP contribution is 2.39. The largest absolute Gasteiger partial charge is 0.365 e. The summed E-state index contributed by atoms with van der Waals surface area (Å²) < 4.78 is 14.3. The predicted octanol–water partition coefficient (Wildman–Crippen LogP) is 1.27. The molecule has 0 saturated carbocycles. The lowest BCUT2D eigenvalue weighted by atomic mass is 9.86. The number of imide groups is 1. The molecule has 1 aromatic rings. The molecule has 0 radical (unpaired) electrons. The summed E-state index contributed by atoms with van der Waals surface area (Å²) in [5.74, 6) is -0.671. The Kier molecular flexibility index (Phi) is 4.00. The number of carbonyl (C=O) groups is 2. The van der Waals surface area contributed by atoms with Gasteiger partial charge in [-0.3, -0.25) is 14.9 Å². The van der Waals surface area contributed by atoms with Gasteiger partial charge in [-0.05, 0) is 43.0 Å². The van der Waals surface area contributed by atoms with E-state index in [1.807, 2.05) is 18.2 Å². The van der Waals surface area contributed by atoms with Gasteiger partial charge in [0, 0.05) is 25.2 Å². The first-order valence-corrected chi connectivity index (χ1v) is 8.72. The van der Waals surface area contributed by atoms with E-state index in [1.54, 1.807) is 0 Å². The average molecular weight is 331 g/mol. The van der Waals surface area contributed by atoms with Crippen LogP contribution < -0.4 is 15.5 Å². The van der Waals surface area contributed by atoms with E-state index in [0.29, 0.717) is 19.4 Å². The normalized spacial score (nSPS) is 30.2. The lowest BCUT2D eigenvalue weighted by molar-refractivity contribution is -0.134. The highest BCUT2D eigenvalue weighted by atomic mass is 19.1. The average Bonchev–Trinajstić information content (AvgIpc) is 2.99. The van der Waals surface area contributed by atoms with Gasteiger partial charge in [-0.15, -0.1) is 0 Å². The third-order valence-electron chi connectivity index (χ3n) is 5.49. The van der Waals surface area contributed by atoms with Gasteiger partial charge in [0.25, 0.3) is 0 Å². The number of hydrogen-bond acceptors (Lipinski definition) is 4. The van der Waals surface area contributed by atoms with Crippen molar-refractivity contribution in [2.24, 2.45) is 0 Å². The molecule has 5 nitrogen and oxygen atoms in total. The van der Waals surface area contributed by atoms with Crippen LogP contribution in [0.3, 0.4) is 0 Å². The van der Waals surface area contributed by atoms with Crippen molar-refractivity contribution in [1.29, 1.82) is 0 Å². The van der Waals surface area contributed by atoms with Gasteiger partial charge in [-0.2, -0.15) is 0 Å². The highest BCUT2D eigenvalue weighted by molar-refractivity contribution is 6.01. The van der Waals surface area contributed by atoms with Crippen molar-refractivity contribution in [2.75, 3.05) is 24.5 Å². The topological polar surface area (TPSA) is 61.4 Å². The molecule has 0 bridgehead atoms. The third-order valence-corrected chi connectivity index (χ3v) is 5.49. The van der Waals surface area contributed by atoms with Gasteiger partial charge >= 0.3 is 0 Å². The number of piperidine rings is 2. The summed E-state index contributed by atoms with van der Waals surface area (Å²) in [7, 11) is 0. The molecule has 24 heavy (non-hydrogen) atoms. The van der Waals surface area contributed by atoms with Crippen LogP contribution >= 0.6 is 0 Å². The Labute approximate surface area is 140 Å². The number of anilines is 1. The number of nitrogens with zero attached hydrogens (tertiary/aromatic N) is 1. The van der Waals surface area contributed by atoms with Crippen molar-refractivity contribution in [2.45, 2.75) is 43.8 Å². The molecule has 3 aliphatic heterocycles. The molecule has 1 aromatic carbocycles. The van der Waals surface area contributed by atoms with Crippen LogP contribution in [0.2, 0.25) is 0 Å². The van der Waals surface area contributed by atoms with Crippen molar-refractivity contribution in [3.63, 3.8) is 0 Å². The van der Waals surface area contributed by atoms with Crippen LogP contribution in [0.4, 0.5) is 10.1 Å². The number of rotatable bonds is 2. The van der Waals surface area contributed by atoms with Crippen LogP contribution in [0.1, 0.15) is 36.3 Å². The summed E-state index contributed by atoms with van der Waals surface area (Å²) in [4.78, 5) is 25.8. The maximum absolute atomic E-state index is 14.3. The number of hydrogen-bond donors (Lipinski definition) is 2. The van der Waals surface area contributed by atoms with Crippen molar-refractivity contribution < 1.29 is 14.0 Å². The van der Waals surface area contributed by atoms with Gasteiger partial charge < -0.3 is 10.2 Å². The van der Waals surface area contributed by atoms with Crippen LogP contribution in [0.5, 0.6) is 0 Å². The molecule has 2 N–H and O–H groups in total. The maximum Gasteiger partial charge on any atom is 0.234 e.